The zero-order chi connectivity index (χ0) is 17.2. The fourth-order valence-electron chi connectivity index (χ4n) is 3.76. The Morgan fingerprint density at radius 2 is 2.16 bits per heavy atom. The third-order valence-electron chi connectivity index (χ3n) is 5.41. The van der Waals surface area contributed by atoms with E-state index in [1.54, 1.807) is 6.20 Å². The van der Waals surface area contributed by atoms with E-state index in [1.807, 2.05) is 31.7 Å². The minimum absolute atomic E-state index is 0.158. The third kappa shape index (κ3) is 3.58. The quantitative estimate of drug-likeness (QED) is 0.850. The molecule has 6 heteroatoms. The lowest BCUT2D eigenvalue weighted by Gasteiger charge is -2.22. The van der Waals surface area contributed by atoms with Crippen LogP contribution in [0.1, 0.15) is 30.1 Å². The standard InChI is InChI=1S/C19H25N5O/c1-22-9-6-21-18(22)14-23-7-3-8-24(11-10-23)19(25)17-12-16(17)15-4-2-5-20-13-15/h2,4-6,9,13,16-17H,3,7-8,10-12,14H2,1H3/t16-,17+/m0/s1. The van der Waals surface area contributed by atoms with Gasteiger partial charge in [-0.15, -0.1) is 0 Å². The van der Waals surface area contributed by atoms with Crippen LogP contribution in [-0.4, -0.2) is 56.4 Å². The van der Waals surface area contributed by atoms with Crippen molar-refractivity contribution < 1.29 is 4.79 Å². The molecule has 2 aromatic rings. The van der Waals surface area contributed by atoms with Gasteiger partial charge < -0.3 is 9.47 Å². The van der Waals surface area contributed by atoms with Gasteiger partial charge in [-0.2, -0.15) is 0 Å². The van der Waals surface area contributed by atoms with E-state index in [4.69, 9.17) is 0 Å². The van der Waals surface area contributed by atoms with Gasteiger partial charge in [0.15, 0.2) is 0 Å². The molecule has 4 rings (SSSR count). The molecule has 132 valence electrons. The molecule has 1 saturated carbocycles. The summed E-state index contributed by atoms with van der Waals surface area (Å²) in [4.78, 5) is 25.9. The van der Waals surface area contributed by atoms with Crippen LogP contribution in [0.5, 0.6) is 0 Å². The summed E-state index contributed by atoms with van der Waals surface area (Å²) in [5.41, 5.74) is 1.20. The van der Waals surface area contributed by atoms with E-state index in [2.05, 4.69) is 30.4 Å². The second kappa shape index (κ2) is 6.96. The maximum atomic E-state index is 12.8. The first kappa shape index (κ1) is 16.3. The second-order valence-electron chi connectivity index (χ2n) is 7.14. The Morgan fingerprint density at radius 3 is 2.92 bits per heavy atom. The molecule has 3 heterocycles. The summed E-state index contributed by atoms with van der Waals surface area (Å²) in [5.74, 6) is 1.93. The molecule has 2 aromatic heterocycles. The van der Waals surface area contributed by atoms with E-state index in [-0.39, 0.29) is 5.92 Å². The Hall–Kier alpha value is -2.21. The normalized spacial score (nSPS) is 24.1. The predicted molar refractivity (Wildman–Crippen MR) is 94.8 cm³/mol. The smallest absolute Gasteiger partial charge is 0.226 e. The van der Waals surface area contributed by atoms with Gasteiger partial charge in [-0.25, -0.2) is 4.98 Å². The maximum absolute atomic E-state index is 12.8. The van der Waals surface area contributed by atoms with Crippen LogP contribution in [0.2, 0.25) is 0 Å². The molecule has 0 unspecified atom stereocenters. The molecule has 1 aliphatic heterocycles. The lowest BCUT2D eigenvalue weighted by molar-refractivity contribution is -0.132. The van der Waals surface area contributed by atoms with E-state index in [9.17, 15) is 4.79 Å². The fraction of sp³-hybridized carbons (Fsp3) is 0.526. The molecule has 6 nitrogen and oxygen atoms in total. The van der Waals surface area contributed by atoms with Crippen LogP contribution in [0.3, 0.4) is 0 Å². The van der Waals surface area contributed by atoms with E-state index in [0.29, 0.717) is 11.8 Å². The van der Waals surface area contributed by atoms with E-state index in [1.165, 1.54) is 5.56 Å². The molecule has 0 spiro atoms. The molecule has 1 aliphatic carbocycles. The van der Waals surface area contributed by atoms with Crippen molar-refractivity contribution in [2.24, 2.45) is 13.0 Å². The average Bonchev–Trinajstić information content (AvgIpc) is 3.38. The van der Waals surface area contributed by atoms with E-state index in [0.717, 1.165) is 51.4 Å². The van der Waals surface area contributed by atoms with Crippen LogP contribution in [0.4, 0.5) is 0 Å². The largest absolute Gasteiger partial charge is 0.341 e. The molecule has 0 bridgehead atoms. The number of carbonyl (C=O) groups excluding carboxylic acids is 1. The Balaban J connectivity index is 1.32. The molecule has 1 amide bonds. The summed E-state index contributed by atoms with van der Waals surface area (Å²) < 4.78 is 2.07. The minimum Gasteiger partial charge on any atom is -0.341 e. The summed E-state index contributed by atoms with van der Waals surface area (Å²) in [6.45, 7) is 4.48. The number of hydrogen-bond acceptors (Lipinski definition) is 4. The lowest BCUT2D eigenvalue weighted by atomic mass is 10.1. The highest BCUT2D eigenvalue weighted by Gasteiger charge is 2.45. The van der Waals surface area contributed by atoms with Crippen LogP contribution in [0, 0.1) is 5.92 Å². The van der Waals surface area contributed by atoms with Crippen molar-refractivity contribution in [3.05, 3.63) is 48.3 Å². The number of imidazole rings is 1. The number of carbonyl (C=O) groups is 1. The molecule has 0 aromatic carbocycles. The predicted octanol–water partition coefficient (Wildman–Crippen LogP) is 1.65. The lowest BCUT2D eigenvalue weighted by Crippen LogP contribution is -2.36. The molecule has 0 radical (unpaired) electrons. The van der Waals surface area contributed by atoms with Crippen molar-refractivity contribution in [1.29, 1.82) is 0 Å². The molecule has 1 saturated heterocycles. The van der Waals surface area contributed by atoms with Gasteiger partial charge >= 0.3 is 0 Å². The van der Waals surface area contributed by atoms with Crippen molar-refractivity contribution >= 4 is 5.91 Å². The number of rotatable bonds is 4. The Bertz CT molecular complexity index is 728. The van der Waals surface area contributed by atoms with Crippen molar-refractivity contribution in [2.75, 3.05) is 26.2 Å². The van der Waals surface area contributed by atoms with Gasteiger partial charge in [-0.3, -0.25) is 14.7 Å². The zero-order valence-corrected chi connectivity index (χ0v) is 14.7. The first-order chi connectivity index (χ1) is 12.2. The zero-order valence-electron chi connectivity index (χ0n) is 14.7. The Morgan fingerprint density at radius 1 is 1.24 bits per heavy atom. The number of aryl methyl sites for hydroxylation is 1. The van der Waals surface area contributed by atoms with E-state index >= 15 is 0 Å². The van der Waals surface area contributed by atoms with Crippen molar-refractivity contribution in [1.82, 2.24) is 24.3 Å². The van der Waals surface area contributed by atoms with Crippen LogP contribution >= 0.6 is 0 Å². The SMILES string of the molecule is Cn1ccnc1CN1CCCN(C(=O)[C@@H]2C[C@H]2c2cccnc2)CC1. The first-order valence-corrected chi connectivity index (χ1v) is 9.09. The average molecular weight is 339 g/mol. The van der Waals surface area contributed by atoms with Gasteiger partial charge in [-0.1, -0.05) is 6.07 Å². The Labute approximate surface area is 148 Å². The summed E-state index contributed by atoms with van der Waals surface area (Å²) in [7, 11) is 2.03. The molecule has 25 heavy (non-hydrogen) atoms. The maximum Gasteiger partial charge on any atom is 0.226 e. The van der Waals surface area contributed by atoms with Gasteiger partial charge in [0.05, 0.1) is 6.54 Å². The summed E-state index contributed by atoms with van der Waals surface area (Å²) in [6.07, 6.45) is 9.50. The van der Waals surface area contributed by atoms with Crippen LogP contribution < -0.4 is 0 Å². The highest BCUT2D eigenvalue weighted by molar-refractivity contribution is 5.83. The number of aromatic nitrogens is 3. The van der Waals surface area contributed by atoms with Gasteiger partial charge in [0.1, 0.15) is 5.82 Å². The summed E-state index contributed by atoms with van der Waals surface area (Å²) >= 11 is 0. The number of hydrogen-bond donors (Lipinski definition) is 0. The summed E-state index contributed by atoms with van der Waals surface area (Å²) in [6, 6.07) is 4.04. The number of pyridine rings is 1. The highest BCUT2D eigenvalue weighted by atomic mass is 16.2. The van der Waals surface area contributed by atoms with Crippen molar-refractivity contribution in [3.63, 3.8) is 0 Å². The van der Waals surface area contributed by atoms with Gasteiger partial charge in [0.25, 0.3) is 0 Å². The minimum atomic E-state index is 0.158. The molecule has 2 atom stereocenters. The Kier molecular flexibility index (Phi) is 4.53. The van der Waals surface area contributed by atoms with Gasteiger partial charge in [0, 0.05) is 63.9 Å². The van der Waals surface area contributed by atoms with Crippen LogP contribution in [-0.2, 0) is 18.4 Å². The number of nitrogens with zero attached hydrogens (tertiary/aromatic N) is 5. The van der Waals surface area contributed by atoms with Crippen LogP contribution in [0.25, 0.3) is 0 Å². The van der Waals surface area contributed by atoms with Gasteiger partial charge in [0.2, 0.25) is 5.91 Å². The van der Waals surface area contributed by atoms with Gasteiger partial charge in [-0.05, 0) is 30.4 Å². The summed E-state index contributed by atoms with van der Waals surface area (Å²) in [5, 5.41) is 0. The van der Waals surface area contributed by atoms with Crippen molar-refractivity contribution in [3.8, 4) is 0 Å². The van der Waals surface area contributed by atoms with Crippen molar-refractivity contribution in [2.45, 2.75) is 25.3 Å². The molecular formula is C19H25N5O. The fourth-order valence-corrected chi connectivity index (χ4v) is 3.76. The molecule has 0 N–H and O–H groups in total. The highest BCUT2D eigenvalue weighted by Crippen LogP contribution is 2.48. The van der Waals surface area contributed by atoms with Crippen LogP contribution in [0.15, 0.2) is 36.9 Å². The molecule has 2 fully saturated rings. The topological polar surface area (TPSA) is 54.3 Å². The number of amides is 1. The van der Waals surface area contributed by atoms with E-state index < -0.39 is 0 Å². The first-order valence-electron chi connectivity index (χ1n) is 9.09. The second-order valence-corrected chi connectivity index (χ2v) is 7.14. The molecular weight excluding hydrogens is 314 g/mol. The molecule has 2 aliphatic rings. The monoisotopic (exact) mass is 339 g/mol. The third-order valence-corrected chi connectivity index (χ3v) is 5.41.